The number of carbonyl (C=O) groups is 1. The highest BCUT2D eigenvalue weighted by Crippen LogP contribution is 2.32. The van der Waals surface area contributed by atoms with Gasteiger partial charge in [0.2, 0.25) is 12.7 Å². The smallest absolute Gasteiger partial charge is 0.244 e. The summed E-state index contributed by atoms with van der Waals surface area (Å²) in [5.41, 5.74) is 1.73. The second kappa shape index (κ2) is 8.15. The molecule has 4 rings (SSSR count). The largest absolute Gasteiger partial charge is 0.454 e. The molecule has 3 aromatic carbocycles. The lowest BCUT2D eigenvalue weighted by Crippen LogP contribution is -2.23. The van der Waals surface area contributed by atoms with Crippen molar-refractivity contribution in [3.05, 3.63) is 77.9 Å². The second-order valence-electron chi connectivity index (χ2n) is 6.61. The topological polar surface area (TPSA) is 67.8 Å². The molecule has 0 aromatic heterocycles. The summed E-state index contributed by atoms with van der Waals surface area (Å²) in [5.74, 6) is 1.19. The van der Waals surface area contributed by atoms with Gasteiger partial charge in [-0.05, 0) is 46.5 Å². The standard InChI is InChI=1S/C23H21NO4/c25-20(19-7-3-5-17-4-1-2-6-18(17)19)12-13-24-23(26)11-9-16-8-10-21-22(14-16)28-15-27-21/h1-11,14,20,25H,12-13,15H2,(H,24,26)/b11-9+. The number of hydrogen-bond donors (Lipinski definition) is 2. The van der Waals surface area contributed by atoms with Gasteiger partial charge in [-0.15, -0.1) is 0 Å². The van der Waals surface area contributed by atoms with Crippen molar-refractivity contribution in [2.24, 2.45) is 0 Å². The lowest BCUT2D eigenvalue weighted by atomic mass is 9.99. The van der Waals surface area contributed by atoms with Crippen molar-refractivity contribution in [1.29, 1.82) is 0 Å². The van der Waals surface area contributed by atoms with Crippen LogP contribution in [0.15, 0.2) is 66.7 Å². The summed E-state index contributed by atoms with van der Waals surface area (Å²) in [5, 5.41) is 15.5. The minimum absolute atomic E-state index is 0.206. The van der Waals surface area contributed by atoms with E-state index in [1.165, 1.54) is 6.08 Å². The van der Waals surface area contributed by atoms with Gasteiger partial charge in [-0.3, -0.25) is 4.79 Å². The zero-order chi connectivity index (χ0) is 19.3. The molecule has 0 bridgehead atoms. The Labute approximate surface area is 163 Å². The first-order valence-electron chi connectivity index (χ1n) is 9.22. The fourth-order valence-electron chi connectivity index (χ4n) is 3.28. The van der Waals surface area contributed by atoms with Gasteiger partial charge in [0.1, 0.15) is 0 Å². The highest BCUT2D eigenvalue weighted by molar-refractivity contribution is 5.91. The fourth-order valence-corrected chi connectivity index (χ4v) is 3.28. The minimum Gasteiger partial charge on any atom is -0.454 e. The highest BCUT2D eigenvalue weighted by atomic mass is 16.7. The van der Waals surface area contributed by atoms with Crippen LogP contribution in [0, 0.1) is 0 Å². The fraction of sp³-hybridized carbons (Fsp3) is 0.174. The third-order valence-corrected chi connectivity index (χ3v) is 4.72. The SMILES string of the molecule is O=C(/C=C/c1ccc2c(c1)OCO2)NCCC(O)c1cccc2ccccc12. The van der Waals surface area contributed by atoms with Crippen molar-refractivity contribution >= 4 is 22.8 Å². The van der Waals surface area contributed by atoms with Gasteiger partial charge in [0.15, 0.2) is 11.5 Å². The third kappa shape index (κ3) is 4.00. The molecule has 28 heavy (non-hydrogen) atoms. The predicted molar refractivity (Wildman–Crippen MR) is 108 cm³/mol. The molecule has 142 valence electrons. The predicted octanol–water partition coefficient (Wildman–Crippen LogP) is 3.82. The van der Waals surface area contributed by atoms with Gasteiger partial charge in [-0.1, -0.05) is 48.5 Å². The Balaban J connectivity index is 1.31. The van der Waals surface area contributed by atoms with Crippen LogP contribution in [0.25, 0.3) is 16.8 Å². The first kappa shape index (κ1) is 18.1. The van der Waals surface area contributed by atoms with Crippen molar-refractivity contribution < 1.29 is 19.4 Å². The van der Waals surface area contributed by atoms with Crippen LogP contribution in [0.5, 0.6) is 11.5 Å². The lowest BCUT2D eigenvalue weighted by Gasteiger charge is -2.14. The molecule has 3 aromatic rings. The quantitative estimate of drug-likeness (QED) is 0.643. The lowest BCUT2D eigenvalue weighted by molar-refractivity contribution is -0.116. The van der Waals surface area contributed by atoms with Crippen LogP contribution in [0.4, 0.5) is 0 Å². The third-order valence-electron chi connectivity index (χ3n) is 4.72. The maximum atomic E-state index is 12.0. The summed E-state index contributed by atoms with van der Waals surface area (Å²) in [6.07, 6.45) is 3.00. The van der Waals surface area contributed by atoms with Gasteiger partial charge < -0.3 is 19.9 Å². The van der Waals surface area contributed by atoms with E-state index in [0.717, 1.165) is 21.9 Å². The summed E-state index contributed by atoms with van der Waals surface area (Å²) in [7, 11) is 0. The molecule has 1 atom stereocenters. The maximum Gasteiger partial charge on any atom is 0.244 e. The molecular formula is C23H21NO4. The average molecular weight is 375 g/mol. The first-order chi connectivity index (χ1) is 13.7. The summed E-state index contributed by atoms with van der Waals surface area (Å²) in [6.45, 7) is 0.608. The molecular weight excluding hydrogens is 354 g/mol. The monoisotopic (exact) mass is 375 g/mol. The Morgan fingerprint density at radius 3 is 2.82 bits per heavy atom. The summed E-state index contributed by atoms with van der Waals surface area (Å²) < 4.78 is 10.6. The molecule has 5 nitrogen and oxygen atoms in total. The van der Waals surface area contributed by atoms with E-state index in [4.69, 9.17) is 9.47 Å². The van der Waals surface area contributed by atoms with Gasteiger partial charge in [-0.2, -0.15) is 0 Å². The van der Waals surface area contributed by atoms with E-state index in [0.29, 0.717) is 24.5 Å². The number of ether oxygens (including phenoxy) is 2. The summed E-state index contributed by atoms with van der Waals surface area (Å²) >= 11 is 0. The second-order valence-corrected chi connectivity index (χ2v) is 6.61. The number of aliphatic hydroxyl groups excluding tert-OH is 1. The Bertz CT molecular complexity index is 1020. The zero-order valence-corrected chi connectivity index (χ0v) is 15.3. The van der Waals surface area contributed by atoms with Gasteiger partial charge in [0.25, 0.3) is 0 Å². The Hall–Kier alpha value is -3.31. The summed E-state index contributed by atoms with van der Waals surface area (Å²) in [6, 6.07) is 19.4. The van der Waals surface area contributed by atoms with Gasteiger partial charge in [0.05, 0.1) is 6.10 Å². The number of amides is 1. The molecule has 1 aliphatic heterocycles. The molecule has 0 spiro atoms. The van der Waals surface area contributed by atoms with E-state index < -0.39 is 6.10 Å². The molecule has 0 aliphatic carbocycles. The number of benzene rings is 3. The minimum atomic E-state index is -0.635. The van der Waals surface area contributed by atoms with E-state index >= 15 is 0 Å². The highest BCUT2D eigenvalue weighted by Gasteiger charge is 2.13. The average Bonchev–Trinajstić information content (AvgIpc) is 3.19. The van der Waals surface area contributed by atoms with Gasteiger partial charge in [0, 0.05) is 12.6 Å². The van der Waals surface area contributed by atoms with Crippen molar-refractivity contribution in [3.8, 4) is 11.5 Å². The van der Waals surface area contributed by atoms with Crippen molar-refractivity contribution in [1.82, 2.24) is 5.32 Å². The van der Waals surface area contributed by atoms with Crippen LogP contribution < -0.4 is 14.8 Å². The molecule has 0 radical (unpaired) electrons. The van der Waals surface area contributed by atoms with Crippen molar-refractivity contribution in [2.75, 3.05) is 13.3 Å². The van der Waals surface area contributed by atoms with Crippen LogP contribution in [0.2, 0.25) is 0 Å². The number of rotatable bonds is 6. The number of carbonyl (C=O) groups excluding carboxylic acids is 1. The van der Waals surface area contributed by atoms with Crippen LogP contribution in [-0.4, -0.2) is 24.4 Å². The molecule has 5 heteroatoms. The maximum absolute atomic E-state index is 12.0. The van der Waals surface area contributed by atoms with E-state index in [-0.39, 0.29) is 12.7 Å². The van der Waals surface area contributed by atoms with E-state index in [2.05, 4.69) is 5.32 Å². The van der Waals surface area contributed by atoms with Gasteiger partial charge in [-0.25, -0.2) is 0 Å². The summed E-state index contributed by atoms with van der Waals surface area (Å²) in [4.78, 5) is 12.0. The zero-order valence-electron chi connectivity index (χ0n) is 15.3. The van der Waals surface area contributed by atoms with E-state index in [1.54, 1.807) is 6.08 Å². The molecule has 1 unspecified atom stereocenters. The van der Waals surface area contributed by atoms with Crippen LogP contribution in [0.1, 0.15) is 23.7 Å². The Morgan fingerprint density at radius 2 is 1.89 bits per heavy atom. The molecule has 1 aliphatic rings. The molecule has 1 heterocycles. The normalized spacial score (nSPS) is 13.8. The Kier molecular flexibility index (Phi) is 5.26. The Morgan fingerprint density at radius 1 is 1.07 bits per heavy atom. The molecule has 0 fully saturated rings. The van der Waals surface area contributed by atoms with E-state index in [9.17, 15) is 9.90 Å². The van der Waals surface area contributed by atoms with Crippen LogP contribution in [0.3, 0.4) is 0 Å². The van der Waals surface area contributed by atoms with Crippen LogP contribution in [-0.2, 0) is 4.79 Å². The number of aliphatic hydroxyl groups is 1. The van der Waals surface area contributed by atoms with Crippen LogP contribution >= 0.6 is 0 Å². The molecule has 0 saturated heterocycles. The molecule has 2 N–H and O–H groups in total. The van der Waals surface area contributed by atoms with Gasteiger partial charge >= 0.3 is 0 Å². The molecule has 0 saturated carbocycles. The number of nitrogens with one attached hydrogen (secondary N) is 1. The number of fused-ring (bicyclic) bond motifs is 2. The first-order valence-corrected chi connectivity index (χ1v) is 9.22. The van der Waals surface area contributed by atoms with Crippen molar-refractivity contribution in [3.63, 3.8) is 0 Å². The molecule has 1 amide bonds. The van der Waals surface area contributed by atoms with E-state index in [1.807, 2.05) is 60.7 Å². The number of hydrogen-bond acceptors (Lipinski definition) is 4. The van der Waals surface area contributed by atoms with Crippen molar-refractivity contribution in [2.45, 2.75) is 12.5 Å².